The molecule has 0 aromatic heterocycles. The predicted molar refractivity (Wildman–Crippen MR) is 118 cm³/mol. The molecule has 3 rings (SSSR count). The minimum Gasteiger partial charge on any atom is -0.321 e. The van der Waals surface area contributed by atoms with E-state index in [4.69, 9.17) is 11.6 Å². The van der Waals surface area contributed by atoms with Crippen molar-refractivity contribution in [3.8, 4) is 6.07 Å². The van der Waals surface area contributed by atoms with Gasteiger partial charge in [-0.2, -0.15) is 5.26 Å². The predicted octanol–water partition coefficient (Wildman–Crippen LogP) is 6.80. The summed E-state index contributed by atoms with van der Waals surface area (Å²) in [4.78, 5) is 14.5. The minimum atomic E-state index is -0.444. The lowest BCUT2D eigenvalue weighted by Crippen LogP contribution is -2.13. The molecule has 0 aliphatic rings. The van der Waals surface area contributed by atoms with Crippen LogP contribution in [0.15, 0.2) is 92.6 Å². The van der Waals surface area contributed by atoms with Crippen LogP contribution < -0.4 is 5.32 Å². The number of rotatable bonds is 5. The number of halogens is 2. The molecule has 0 saturated carbocycles. The summed E-state index contributed by atoms with van der Waals surface area (Å²) in [6.07, 6.45) is 1.57. The normalized spacial score (nSPS) is 11.0. The molecule has 1 N–H and O–H groups in total. The van der Waals surface area contributed by atoms with Crippen LogP contribution in [0.1, 0.15) is 5.56 Å². The fraction of sp³-hybridized carbons (Fsp3) is 0. The second-order valence-electron chi connectivity index (χ2n) is 5.76. The fourth-order valence-electron chi connectivity index (χ4n) is 2.35. The number of nitrogens with zero attached hydrogens (tertiary/aromatic N) is 1. The van der Waals surface area contributed by atoms with Crippen molar-refractivity contribution in [1.82, 2.24) is 0 Å². The van der Waals surface area contributed by atoms with Gasteiger partial charge in [-0.05, 0) is 66.2 Å². The number of anilines is 1. The van der Waals surface area contributed by atoms with Crippen molar-refractivity contribution in [3.63, 3.8) is 0 Å². The summed E-state index contributed by atoms with van der Waals surface area (Å²) in [6.45, 7) is 0. The third kappa shape index (κ3) is 5.74. The lowest BCUT2D eigenvalue weighted by Gasteiger charge is -2.05. The number of hydrogen-bond acceptors (Lipinski definition) is 3. The Hall–Kier alpha value is -2.52. The molecule has 0 atom stereocenters. The van der Waals surface area contributed by atoms with E-state index in [0.29, 0.717) is 10.7 Å². The Kier molecular flexibility index (Phi) is 6.94. The van der Waals surface area contributed by atoms with Gasteiger partial charge in [0.05, 0.1) is 0 Å². The summed E-state index contributed by atoms with van der Waals surface area (Å²) in [5.74, 6) is -0.444. The molecule has 3 aromatic rings. The van der Waals surface area contributed by atoms with Crippen LogP contribution in [0.4, 0.5) is 5.69 Å². The molecule has 0 saturated heterocycles. The molecule has 0 aliphatic carbocycles. The molecule has 0 bridgehead atoms. The maximum Gasteiger partial charge on any atom is 0.266 e. The summed E-state index contributed by atoms with van der Waals surface area (Å²) >= 11 is 10.9. The van der Waals surface area contributed by atoms with Gasteiger partial charge >= 0.3 is 0 Å². The third-order valence-corrected chi connectivity index (χ3v) is 5.45. The van der Waals surface area contributed by atoms with Gasteiger partial charge in [0, 0.05) is 25.0 Å². The van der Waals surface area contributed by atoms with Crippen molar-refractivity contribution in [1.29, 1.82) is 5.26 Å². The number of nitriles is 1. The summed E-state index contributed by atoms with van der Waals surface area (Å²) in [5.41, 5.74) is 1.44. The standard InChI is InChI=1S/C22H14BrClN2OS/c23-17-2-1-3-19(13-17)26-22(27)16(14-25)12-15-4-8-20(9-5-15)28-21-10-6-18(24)7-11-21/h1-13H,(H,26,27)/b16-12-. The Morgan fingerprint density at radius 3 is 2.29 bits per heavy atom. The number of carbonyl (C=O) groups is 1. The second kappa shape index (κ2) is 9.61. The van der Waals surface area contributed by atoms with Crippen LogP contribution in [0, 0.1) is 11.3 Å². The molecule has 0 spiro atoms. The molecule has 0 fully saturated rings. The molecule has 0 heterocycles. The van der Waals surface area contributed by atoms with Crippen molar-refractivity contribution >= 4 is 57.0 Å². The van der Waals surface area contributed by atoms with Crippen LogP contribution in [-0.2, 0) is 4.79 Å². The molecule has 0 aliphatic heterocycles. The summed E-state index contributed by atoms with van der Waals surface area (Å²) in [6, 6.07) is 24.5. The molecule has 138 valence electrons. The second-order valence-corrected chi connectivity index (χ2v) is 8.26. The first kappa shape index (κ1) is 20.2. The highest BCUT2D eigenvalue weighted by Gasteiger charge is 2.10. The van der Waals surface area contributed by atoms with Crippen LogP contribution in [-0.4, -0.2) is 5.91 Å². The number of amides is 1. The van der Waals surface area contributed by atoms with Crippen molar-refractivity contribution in [2.75, 3.05) is 5.32 Å². The van der Waals surface area contributed by atoms with E-state index in [9.17, 15) is 10.1 Å². The summed E-state index contributed by atoms with van der Waals surface area (Å²) in [5, 5.41) is 12.8. The number of carbonyl (C=O) groups excluding carboxylic acids is 1. The average molecular weight is 470 g/mol. The highest BCUT2D eigenvalue weighted by molar-refractivity contribution is 9.10. The molecule has 6 heteroatoms. The molecular formula is C22H14BrClN2OS. The van der Waals surface area contributed by atoms with E-state index in [1.807, 2.05) is 66.7 Å². The monoisotopic (exact) mass is 468 g/mol. The van der Waals surface area contributed by atoms with Gasteiger partial charge in [-0.15, -0.1) is 0 Å². The van der Waals surface area contributed by atoms with E-state index in [1.54, 1.807) is 30.0 Å². The summed E-state index contributed by atoms with van der Waals surface area (Å²) in [7, 11) is 0. The largest absolute Gasteiger partial charge is 0.321 e. The molecule has 3 aromatic carbocycles. The van der Waals surface area contributed by atoms with Crippen molar-refractivity contribution in [2.24, 2.45) is 0 Å². The quantitative estimate of drug-likeness (QED) is 0.330. The van der Waals surface area contributed by atoms with Gasteiger partial charge < -0.3 is 5.32 Å². The zero-order valence-electron chi connectivity index (χ0n) is 14.5. The molecule has 28 heavy (non-hydrogen) atoms. The highest BCUT2D eigenvalue weighted by atomic mass is 79.9. The Morgan fingerprint density at radius 1 is 1.04 bits per heavy atom. The first-order valence-electron chi connectivity index (χ1n) is 8.26. The Balaban J connectivity index is 1.70. The van der Waals surface area contributed by atoms with Gasteiger partial charge in [0.2, 0.25) is 0 Å². The molecule has 1 amide bonds. The molecular weight excluding hydrogens is 456 g/mol. The zero-order valence-corrected chi connectivity index (χ0v) is 17.7. The van der Waals surface area contributed by atoms with Gasteiger partial charge in [-0.1, -0.05) is 57.5 Å². The molecule has 3 nitrogen and oxygen atoms in total. The maximum absolute atomic E-state index is 12.4. The number of nitrogens with one attached hydrogen (secondary N) is 1. The van der Waals surface area contributed by atoms with E-state index < -0.39 is 5.91 Å². The lowest BCUT2D eigenvalue weighted by atomic mass is 10.1. The van der Waals surface area contributed by atoms with Crippen LogP contribution in [0.5, 0.6) is 0 Å². The fourth-order valence-corrected chi connectivity index (χ4v) is 3.69. The van der Waals surface area contributed by atoms with Crippen molar-refractivity contribution in [3.05, 3.63) is 93.4 Å². The van der Waals surface area contributed by atoms with E-state index in [1.165, 1.54) is 0 Å². The number of hydrogen-bond donors (Lipinski definition) is 1. The molecule has 0 unspecified atom stereocenters. The van der Waals surface area contributed by atoms with Crippen LogP contribution in [0.2, 0.25) is 5.02 Å². The first-order chi connectivity index (χ1) is 13.5. The average Bonchev–Trinajstić information content (AvgIpc) is 2.69. The van der Waals surface area contributed by atoms with Crippen molar-refractivity contribution in [2.45, 2.75) is 9.79 Å². The van der Waals surface area contributed by atoms with Gasteiger partial charge in [-0.25, -0.2) is 0 Å². The van der Waals surface area contributed by atoms with Gasteiger partial charge in [0.1, 0.15) is 11.6 Å². The first-order valence-corrected chi connectivity index (χ1v) is 10.2. The molecule has 0 radical (unpaired) electrons. The van der Waals surface area contributed by atoms with E-state index in [2.05, 4.69) is 21.2 Å². The van der Waals surface area contributed by atoms with E-state index >= 15 is 0 Å². The number of benzene rings is 3. The topological polar surface area (TPSA) is 52.9 Å². The van der Waals surface area contributed by atoms with Gasteiger partial charge in [0.15, 0.2) is 0 Å². The van der Waals surface area contributed by atoms with Crippen molar-refractivity contribution < 1.29 is 4.79 Å². The highest BCUT2D eigenvalue weighted by Crippen LogP contribution is 2.29. The van der Waals surface area contributed by atoms with Gasteiger partial charge in [0.25, 0.3) is 5.91 Å². The lowest BCUT2D eigenvalue weighted by molar-refractivity contribution is -0.112. The van der Waals surface area contributed by atoms with E-state index in [0.717, 1.165) is 19.8 Å². The Bertz CT molecular complexity index is 1060. The van der Waals surface area contributed by atoms with E-state index in [-0.39, 0.29) is 5.57 Å². The Morgan fingerprint density at radius 2 is 1.68 bits per heavy atom. The SMILES string of the molecule is N#C/C(=C/c1ccc(Sc2ccc(Cl)cc2)cc1)C(=O)Nc1cccc(Br)c1. The van der Waals surface area contributed by atoms with Crippen LogP contribution >= 0.6 is 39.3 Å². The minimum absolute atomic E-state index is 0.0399. The smallest absolute Gasteiger partial charge is 0.266 e. The van der Waals surface area contributed by atoms with Gasteiger partial charge in [-0.3, -0.25) is 4.79 Å². The Labute approximate surface area is 181 Å². The van der Waals surface area contributed by atoms with Crippen LogP contribution in [0.3, 0.4) is 0 Å². The third-order valence-electron chi connectivity index (χ3n) is 3.69. The summed E-state index contributed by atoms with van der Waals surface area (Å²) < 4.78 is 0.849. The zero-order chi connectivity index (χ0) is 19.9. The maximum atomic E-state index is 12.4. The van der Waals surface area contributed by atoms with Crippen LogP contribution in [0.25, 0.3) is 6.08 Å².